The summed E-state index contributed by atoms with van der Waals surface area (Å²) >= 11 is 4.70. The molecule has 8 heteroatoms. The SMILES string of the molecule is CN(CC(=O)Nc1ccsc1)S(=O)(=O)c1ccc(Br)cc1. The lowest BCUT2D eigenvalue weighted by atomic mass is 10.4. The number of nitrogens with one attached hydrogen (secondary N) is 1. The van der Waals surface area contributed by atoms with E-state index in [9.17, 15) is 13.2 Å². The molecule has 0 saturated heterocycles. The van der Waals surface area contributed by atoms with E-state index in [1.54, 1.807) is 23.6 Å². The maximum Gasteiger partial charge on any atom is 0.243 e. The molecule has 5 nitrogen and oxygen atoms in total. The first-order valence-electron chi connectivity index (χ1n) is 5.93. The Bertz CT molecular complexity index is 712. The third-order valence-corrected chi connectivity index (χ3v) is 5.72. The van der Waals surface area contributed by atoms with Crippen molar-refractivity contribution < 1.29 is 13.2 Å². The Morgan fingerprint density at radius 2 is 1.95 bits per heavy atom. The molecule has 1 heterocycles. The summed E-state index contributed by atoms with van der Waals surface area (Å²) < 4.78 is 26.4. The molecule has 0 radical (unpaired) electrons. The number of nitrogens with zero attached hydrogens (tertiary/aromatic N) is 1. The number of rotatable bonds is 5. The van der Waals surface area contributed by atoms with Crippen molar-refractivity contribution in [2.24, 2.45) is 0 Å². The Kier molecular flexibility index (Phi) is 5.15. The molecule has 0 aliphatic carbocycles. The number of thiophene rings is 1. The standard InChI is InChI=1S/C13H13BrN2O3S2/c1-16(8-13(17)15-11-6-7-20-9-11)21(18,19)12-4-2-10(14)3-5-12/h2-7,9H,8H2,1H3,(H,15,17). The summed E-state index contributed by atoms with van der Waals surface area (Å²) in [5.41, 5.74) is 0.666. The highest BCUT2D eigenvalue weighted by Crippen LogP contribution is 2.18. The average Bonchev–Trinajstić information content (AvgIpc) is 2.91. The molecule has 0 saturated carbocycles. The highest BCUT2D eigenvalue weighted by Gasteiger charge is 2.22. The van der Waals surface area contributed by atoms with E-state index in [2.05, 4.69) is 21.2 Å². The summed E-state index contributed by atoms with van der Waals surface area (Å²) in [4.78, 5) is 12.0. The van der Waals surface area contributed by atoms with Crippen molar-refractivity contribution in [2.45, 2.75) is 4.90 Å². The minimum absolute atomic E-state index is 0.150. The van der Waals surface area contributed by atoms with Gasteiger partial charge in [0.1, 0.15) is 0 Å². The second kappa shape index (κ2) is 6.69. The van der Waals surface area contributed by atoms with Gasteiger partial charge in [-0.15, -0.1) is 0 Å². The Balaban J connectivity index is 2.06. The average molecular weight is 389 g/mol. The molecule has 0 unspecified atom stereocenters. The zero-order valence-corrected chi connectivity index (χ0v) is 14.3. The molecule has 0 aliphatic heterocycles. The molecule has 21 heavy (non-hydrogen) atoms. The van der Waals surface area contributed by atoms with Gasteiger partial charge in [0.15, 0.2) is 0 Å². The number of likely N-dealkylation sites (N-methyl/N-ethyl adjacent to an activating group) is 1. The predicted molar refractivity (Wildman–Crippen MR) is 86.9 cm³/mol. The van der Waals surface area contributed by atoms with Crippen LogP contribution in [0.25, 0.3) is 0 Å². The summed E-state index contributed by atoms with van der Waals surface area (Å²) in [5.74, 6) is -0.378. The number of halogens is 1. The summed E-state index contributed by atoms with van der Waals surface area (Å²) in [7, 11) is -2.30. The first kappa shape index (κ1) is 16.2. The molecule has 0 bridgehead atoms. The molecular weight excluding hydrogens is 376 g/mol. The minimum Gasteiger partial charge on any atom is -0.324 e. The van der Waals surface area contributed by atoms with E-state index in [0.717, 1.165) is 8.78 Å². The van der Waals surface area contributed by atoms with Crippen LogP contribution in [0.15, 0.2) is 50.5 Å². The van der Waals surface area contributed by atoms with Crippen molar-refractivity contribution in [3.63, 3.8) is 0 Å². The third kappa shape index (κ3) is 4.13. The van der Waals surface area contributed by atoms with Crippen molar-refractivity contribution in [1.29, 1.82) is 0 Å². The molecule has 2 aromatic rings. The number of hydrogen-bond donors (Lipinski definition) is 1. The van der Waals surface area contributed by atoms with E-state index in [-0.39, 0.29) is 17.3 Å². The van der Waals surface area contributed by atoms with Crippen LogP contribution < -0.4 is 5.32 Å². The van der Waals surface area contributed by atoms with Gasteiger partial charge < -0.3 is 5.32 Å². The van der Waals surface area contributed by atoms with Crippen LogP contribution in [-0.4, -0.2) is 32.2 Å². The molecule has 2 rings (SSSR count). The second-order valence-corrected chi connectivity index (χ2v) is 8.02. The van der Waals surface area contributed by atoms with Crippen LogP contribution in [0.2, 0.25) is 0 Å². The number of amides is 1. The van der Waals surface area contributed by atoms with Crippen molar-refractivity contribution in [2.75, 3.05) is 18.9 Å². The smallest absolute Gasteiger partial charge is 0.243 e. The van der Waals surface area contributed by atoms with Gasteiger partial charge in [-0.25, -0.2) is 8.42 Å². The van der Waals surface area contributed by atoms with Crippen LogP contribution in [0, 0.1) is 0 Å². The zero-order chi connectivity index (χ0) is 15.5. The van der Waals surface area contributed by atoms with Gasteiger partial charge in [0.05, 0.1) is 17.1 Å². The van der Waals surface area contributed by atoms with Crippen LogP contribution in [0.4, 0.5) is 5.69 Å². The fourth-order valence-corrected chi connectivity index (χ4v) is 3.59. The number of anilines is 1. The molecule has 0 atom stereocenters. The summed E-state index contributed by atoms with van der Waals surface area (Å²) in [6, 6.07) is 8.03. The highest BCUT2D eigenvalue weighted by atomic mass is 79.9. The van der Waals surface area contributed by atoms with E-state index >= 15 is 0 Å². The number of hydrogen-bond acceptors (Lipinski definition) is 4. The normalized spacial score (nSPS) is 11.6. The summed E-state index contributed by atoms with van der Waals surface area (Å²) in [5, 5.41) is 6.25. The molecule has 0 fully saturated rings. The van der Waals surface area contributed by atoms with Gasteiger partial charge in [0.2, 0.25) is 15.9 Å². The Morgan fingerprint density at radius 3 is 2.52 bits per heavy atom. The maximum atomic E-state index is 12.3. The van der Waals surface area contributed by atoms with Gasteiger partial charge in [0.25, 0.3) is 0 Å². The molecular formula is C13H13BrN2O3S2. The minimum atomic E-state index is -3.68. The lowest BCUT2D eigenvalue weighted by Gasteiger charge is -2.16. The molecule has 1 aromatic heterocycles. The molecule has 1 amide bonds. The van der Waals surface area contributed by atoms with E-state index in [1.807, 2.05) is 5.38 Å². The number of carbonyl (C=O) groups is 1. The van der Waals surface area contributed by atoms with Crippen LogP contribution in [-0.2, 0) is 14.8 Å². The fraction of sp³-hybridized carbons (Fsp3) is 0.154. The molecule has 112 valence electrons. The Morgan fingerprint density at radius 1 is 1.29 bits per heavy atom. The van der Waals surface area contributed by atoms with Gasteiger partial charge >= 0.3 is 0 Å². The van der Waals surface area contributed by atoms with Crippen LogP contribution in [0.3, 0.4) is 0 Å². The largest absolute Gasteiger partial charge is 0.324 e. The van der Waals surface area contributed by atoms with Crippen LogP contribution in [0.5, 0.6) is 0 Å². The van der Waals surface area contributed by atoms with Crippen molar-refractivity contribution >= 4 is 48.9 Å². The lowest BCUT2D eigenvalue weighted by molar-refractivity contribution is -0.116. The topological polar surface area (TPSA) is 66.5 Å². The Hall–Kier alpha value is -1.22. The van der Waals surface area contributed by atoms with Crippen LogP contribution in [0.1, 0.15) is 0 Å². The van der Waals surface area contributed by atoms with E-state index in [1.165, 1.54) is 30.5 Å². The molecule has 0 aliphatic rings. The first-order valence-corrected chi connectivity index (χ1v) is 9.11. The van der Waals surface area contributed by atoms with Gasteiger partial charge in [-0.1, -0.05) is 15.9 Å². The predicted octanol–water partition coefficient (Wildman–Crippen LogP) is 2.77. The molecule has 1 aromatic carbocycles. The van der Waals surface area contributed by atoms with E-state index in [4.69, 9.17) is 0 Å². The molecule has 0 spiro atoms. The van der Waals surface area contributed by atoms with Gasteiger partial charge in [0, 0.05) is 16.9 Å². The monoisotopic (exact) mass is 388 g/mol. The zero-order valence-electron chi connectivity index (χ0n) is 11.1. The first-order chi connectivity index (χ1) is 9.89. The van der Waals surface area contributed by atoms with Crippen molar-refractivity contribution in [3.05, 3.63) is 45.6 Å². The Labute approximate surface area is 135 Å². The molecule has 1 N–H and O–H groups in total. The maximum absolute atomic E-state index is 12.3. The van der Waals surface area contributed by atoms with E-state index in [0.29, 0.717) is 5.69 Å². The van der Waals surface area contributed by atoms with Gasteiger partial charge in [-0.05, 0) is 35.7 Å². The van der Waals surface area contributed by atoms with Gasteiger partial charge in [-0.3, -0.25) is 4.79 Å². The number of sulfonamides is 1. The fourth-order valence-electron chi connectivity index (χ4n) is 1.61. The highest BCUT2D eigenvalue weighted by molar-refractivity contribution is 9.10. The number of carbonyl (C=O) groups excluding carboxylic acids is 1. The van der Waals surface area contributed by atoms with Crippen LogP contribution >= 0.6 is 27.3 Å². The van der Waals surface area contributed by atoms with Crippen molar-refractivity contribution in [3.8, 4) is 0 Å². The van der Waals surface area contributed by atoms with Crippen molar-refractivity contribution in [1.82, 2.24) is 4.31 Å². The lowest BCUT2D eigenvalue weighted by Crippen LogP contribution is -2.34. The summed E-state index contributed by atoms with van der Waals surface area (Å²) in [6.45, 7) is -0.242. The second-order valence-electron chi connectivity index (χ2n) is 4.28. The van der Waals surface area contributed by atoms with E-state index < -0.39 is 10.0 Å². The third-order valence-electron chi connectivity index (χ3n) is 2.69. The summed E-state index contributed by atoms with van der Waals surface area (Å²) in [6.07, 6.45) is 0. The number of benzene rings is 1. The quantitative estimate of drug-likeness (QED) is 0.855. The van der Waals surface area contributed by atoms with Gasteiger partial charge in [-0.2, -0.15) is 15.6 Å².